The molecule has 1 atom stereocenters. The second-order valence-corrected chi connectivity index (χ2v) is 41.7. The molecule has 1 aliphatic carbocycles. The molecule has 1 heterocycles. The van der Waals surface area contributed by atoms with Gasteiger partial charge in [-0.3, -0.25) is 0 Å². The summed E-state index contributed by atoms with van der Waals surface area (Å²) in [7, 11) is 1.42. The first-order valence-corrected chi connectivity index (χ1v) is 49.0. The molecule has 0 saturated heterocycles. The van der Waals surface area contributed by atoms with Crippen LogP contribution in [0.4, 0.5) is 0 Å². The van der Waals surface area contributed by atoms with Crippen LogP contribution in [0.15, 0.2) is 428 Å². The molecule has 1 fully saturated rings. The quantitative estimate of drug-likeness (QED) is 0.0324. The predicted octanol–water partition coefficient (Wildman–Crippen LogP) is 16.1. The average molecular weight is 2120 g/mol. The van der Waals surface area contributed by atoms with E-state index < -0.39 is 0 Å². The SMILES string of the molecule is C.CC(C)(C)c1ccc(-[s+]2ccc3ccccc32)cc1.CCC1(OC(=O)COc2c(C)cc([S+](c3ccccc3)c3ccccc3)cc2C)CCCC1.CCCCCCOc1c(C)cc([S+](c2ccccc2)c2ccccc2)cc1C.COc1c(C)cc([S+](c2ccccc2)c2ccccc2)cc1C.[Br-].[Br-].[Br-].[Br-].[Br-].c1ccc([S+](c2ccccc2)c2ccccc2)cc1. The molecule has 14 aromatic carbocycles. The molecule has 5 nitrogen and oxygen atoms in total. The Labute approximate surface area is 832 Å². The normalized spacial score (nSPS) is 11.7. The van der Waals surface area contributed by atoms with Gasteiger partial charge < -0.3 is 104 Å². The fourth-order valence-electron chi connectivity index (χ4n) is 15.5. The number of carbonyl (C=O) groups is 1. The molecule has 1 unspecified atom stereocenters. The summed E-state index contributed by atoms with van der Waals surface area (Å²) in [5.74, 6) is 2.55. The first-order chi connectivity index (χ1) is 59.4. The lowest BCUT2D eigenvalue weighted by atomic mass is 9.87. The zero-order valence-electron chi connectivity index (χ0n) is 75.0. The molecule has 16 rings (SSSR count). The Morgan fingerprint density at radius 1 is 0.352 bits per heavy atom. The van der Waals surface area contributed by atoms with Crippen LogP contribution in [0.2, 0.25) is 0 Å². The summed E-state index contributed by atoms with van der Waals surface area (Å²) in [6.45, 7) is 24.6. The third-order valence-corrected chi connectivity index (χ3v) is 32.5. The van der Waals surface area contributed by atoms with Crippen LogP contribution in [-0.4, -0.2) is 31.9 Å². The van der Waals surface area contributed by atoms with Gasteiger partial charge in [0.1, 0.15) is 28.2 Å². The Hall–Kier alpha value is -8.29. The zero-order chi connectivity index (χ0) is 85.6. The number of unbranched alkanes of at least 4 members (excludes halogenated alkanes) is 3. The predicted molar refractivity (Wildman–Crippen MR) is 527 cm³/mol. The molecule has 0 bridgehead atoms. The summed E-state index contributed by atoms with van der Waals surface area (Å²) in [4.78, 5) is 29.9. The van der Waals surface area contributed by atoms with Gasteiger partial charge in [-0.05, 0) is 258 Å². The number of rotatable bonds is 25. The minimum Gasteiger partial charge on any atom is -1.00 e. The number of fused-ring (bicyclic) bond motifs is 1. The fraction of sp³-hybridized carbons (Fsp3) is 0.230. The van der Waals surface area contributed by atoms with Crippen LogP contribution in [0.25, 0.3) is 15.0 Å². The van der Waals surface area contributed by atoms with Gasteiger partial charge in [-0.2, -0.15) is 0 Å². The largest absolute Gasteiger partial charge is 1.00 e. The third kappa shape index (κ3) is 30.1. The molecule has 15 heteroatoms. The molecule has 0 radical (unpaired) electrons. The Balaban J connectivity index is 0.000000247. The van der Waals surface area contributed by atoms with Crippen LogP contribution < -0.4 is 99.1 Å². The van der Waals surface area contributed by atoms with Gasteiger partial charge >= 0.3 is 5.97 Å². The molecule has 1 aromatic heterocycles. The molecule has 0 spiro atoms. The van der Waals surface area contributed by atoms with Crippen LogP contribution in [0, 0.1) is 41.5 Å². The maximum atomic E-state index is 12.6. The van der Waals surface area contributed by atoms with Crippen molar-refractivity contribution in [3.8, 4) is 22.1 Å². The van der Waals surface area contributed by atoms with E-state index in [1.807, 2.05) is 0 Å². The highest BCUT2D eigenvalue weighted by Crippen LogP contribution is 2.43. The second-order valence-electron chi connectivity index (χ2n) is 31.8. The number of carbonyl (C=O) groups excluding carboxylic acids is 1. The minimum atomic E-state index is -0.284. The number of benzene rings is 14. The van der Waals surface area contributed by atoms with E-state index in [1.54, 1.807) is 7.11 Å². The molecule has 670 valence electrons. The van der Waals surface area contributed by atoms with Crippen LogP contribution in [-0.2, 0) is 58.5 Å². The highest BCUT2D eigenvalue weighted by molar-refractivity contribution is 7.98. The molecule has 0 amide bonds. The van der Waals surface area contributed by atoms with Gasteiger partial charge in [-0.25, -0.2) is 4.79 Å². The van der Waals surface area contributed by atoms with Gasteiger partial charge in [0.2, 0.25) is 0 Å². The molecule has 1 saturated carbocycles. The van der Waals surface area contributed by atoms with Gasteiger partial charge in [-0.1, -0.05) is 249 Å². The van der Waals surface area contributed by atoms with E-state index in [4.69, 9.17) is 18.9 Å². The van der Waals surface area contributed by atoms with Crippen molar-refractivity contribution in [2.75, 3.05) is 20.3 Å². The van der Waals surface area contributed by atoms with E-state index in [1.165, 1.54) is 121 Å². The van der Waals surface area contributed by atoms with Crippen molar-refractivity contribution in [3.63, 3.8) is 0 Å². The molecular formula is C113H123Br5O5S5. The topological polar surface area (TPSA) is 54.0 Å². The Kier molecular flexibility index (Phi) is 46.7. The summed E-state index contributed by atoms with van der Waals surface area (Å²) in [5.41, 5.74) is 8.25. The first kappa shape index (κ1) is 108. The lowest BCUT2D eigenvalue weighted by Crippen LogP contribution is -3.00. The van der Waals surface area contributed by atoms with Crippen LogP contribution in [0.5, 0.6) is 17.2 Å². The fourth-order valence-corrected chi connectivity index (χ4v) is 26.3. The maximum absolute atomic E-state index is 12.6. The van der Waals surface area contributed by atoms with Gasteiger partial charge in [0.05, 0.1) is 57.3 Å². The van der Waals surface area contributed by atoms with Crippen molar-refractivity contribution in [3.05, 3.63) is 408 Å². The summed E-state index contributed by atoms with van der Waals surface area (Å²) >= 11 is 0. The van der Waals surface area contributed by atoms with Crippen molar-refractivity contribution in [2.24, 2.45) is 0 Å². The minimum absolute atomic E-state index is 0. The summed E-state index contributed by atoms with van der Waals surface area (Å²) < 4.78 is 25.0. The lowest BCUT2D eigenvalue weighted by molar-refractivity contribution is -0.162. The number of thiophene rings is 1. The van der Waals surface area contributed by atoms with Crippen LogP contribution in [0.3, 0.4) is 0 Å². The first-order valence-electron chi connectivity index (χ1n) is 42.8. The van der Waals surface area contributed by atoms with E-state index in [-0.39, 0.29) is 170 Å². The van der Waals surface area contributed by atoms with Crippen LogP contribution in [0.1, 0.15) is 139 Å². The van der Waals surface area contributed by atoms with E-state index in [9.17, 15) is 4.79 Å². The molecule has 15 aromatic rings. The Morgan fingerprint density at radius 3 is 0.938 bits per heavy atom. The summed E-state index contributed by atoms with van der Waals surface area (Å²) in [5, 5.41) is 3.70. The lowest BCUT2D eigenvalue weighted by Gasteiger charge is -2.27. The third-order valence-electron chi connectivity index (χ3n) is 21.6. The maximum Gasteiger partial charge on any atom is 0.344 e. The number of hydrogen-bond donors (Lipinski definition) is 0. The van der Waals surface area contributed by atoms with Crippen molar-refractivity contribution in [2.45, 2.75) is 211 Å². The number of aryl methyl sites for hydroxylation is 6. The van der Waals surface area contributed by atoms with Gasteiger partial charge in [-0.15, -0.1) is 0 Å². The molecule has 0 aliphatic heterocycles. The number of hydrogen-bond acceptors (Lipinski definition) is 5. The molecular weight excluding hydrogens is 2000 g/mol. The number of halogens is 5. The smallest absolute Gasteiger partial charge is 0.344 e. The molecule has 0 N–H and O–H groups in total. The van der Waals surface area contributed by atoms with E-state index >= 15 is 0 Å². The Morgan fingerprint density at radius 2 is 0.641 bits per heavy atom. The van der Waals surface area contributed by atoms with E-state index in [0.29, 0.717) is 0 Å². The average Bonchev–Trinajstić information content (AvgIpc) is 1.36. The Bertz CT molecular complexity index is 5420. The summed E-state index contributed by atoms with van der Waals surface area (Å²) in [6, 6.07) is 130. The summed E-state index contributed by atoms with van der Waals surface area (Å²) in [6.07, 6.45) is 9.98. The number of methoxy groups -OCH3 is 1. The van der Waals surface area contributed by atoms with Crippen molar-refractivity contribution >= 4 is 70.1 Å². The zero-order valence-corrected chi connectivity index (χ0v) is 87.0. The van der Waals surface area contributed by atoms with E-state index in [0.717, 1.165) is 73.5 Å². The second kappa shape index (κ2) is 55.1. The van der Waals surface area contributed by atoms with Crippen molar-refractivity contribution in [1.82, 2.24) is 0 Å². The van der Waals surface area contributed by atoms with E-state index in [2.05, 4.69) is 446 Å². The van der Waals surface area contributed by atoms with Gasteiger partial charge in [0.15, 0.2) is 74.9 Å². The molecule has 128 heavy (non-hydrogen) atoms. The van der Waals surface area contributed by atoms with Gasteiger partial charge in [0, 0.05) is 58.3 Å². The van der Waals surface area contributed by atoms with Gasteiger partial charge in [0.25, 0.3) is 0 Å². The standard InChI is InChI=1S/C29H33O3S.C26H31OS.C21H21OS.C18H19S.C18H15S.CH4.5BrH/c1-4-29(17-11-12-18-29)32-27(30)21-31-28-22(2)19-26(20-23(28)3)33(24-13-7-5-8-14-24)25-15-9-6-10-16-25;1-4-5-6-13-18-27-26-21(2)19-25(20-22(26)3)28(23-14-9-7-10-15-23)24-16-11-8-12-17-24;1-16-14-20(15-17(2)21(16)22-3)23(18-10-6-4-7-11-18)19-12-8-5-9-13-19;1-18(2,3)15-8-10-16(11-9-15)19-13-12-14-6-4-5-7-17(14)19;1-4-10-16(11-5-1)19(17-12-6-2-7-13-17)18-14-8-3-9-15-18;;;;;;/h5-10,13-16,19-20H,4,11-12,17-18,21H2,1-3H3;7-12,14-17,19-20H,4-6,13,18H2,1-3H3;4-15H,1-3H3;4-13H,1-3H3;1-15H;1H4;5*1H/q5*+1;;;;;;/p-5. The number of esters is 1. The van der Waals surface area contributed by atoms with Crippen molar-refractivity contribution in [1.29, 1.82) is 0 Å². The number of ether oxygens (including phenoxy) is 4. The monoisotopic (exact) mass is 2110 g/mol. The van der Waals surface area contributed by atoms with Crippen molar-refractivity contribution < 1.29 is 109 Å². The molecule has 1 aliphatic rings. The highest BCUT2D eigenvalue weighted by Gasteiger charge is 2.38. The highest BCUT2D eigenvalue weighted by atomic mass is 79.9. The van der Waals surface area contributed by atoms with Crippen LogP contribution >= 0.6 is 10.5 Å².